The number of likely N-dealkylation sites (tertiary alicyclic amines) is 2. The molecular formula is C20H29N3O3. The zero-order valence-corrected chi connectivity index (χ0v) is 15.6. The Morgan fingerprint density at radius 1 is 1.23 bits per heavy atom. The van der Waals surface area contributed by atoms with Crippen LogP contribution in [0.25, 0.3) is 0 Å². The van der Waals surface area contributed by atoms with Crippen LogP contribution in [0.1, 0.15) is 31.2 Å². The highest BCUT2D eigenvalue weighted by Crippen LogP contribution is 2.21. The van der Waals surface area contributed by atoms with Crippen molar-refractivity contribution in [3.8, 4) is 5.75 Å². The van der Waals surface area contributed by atoms with Gasteiger partial charge in [-0.1, -0.05) is 12.1 Å². The van der Waals surface area contributed by atoms with Crippen LogP contribution in [-0.2, 0) is 16.1 Å². The van der Waals surface area contributed by atoms with Crippen LogP contribution in [0.15, 0.2) is 24.3 Å². The van der Waals surface area contributed by atoms with Crippen molar-refractivity contribution in [2.75, 3.05) is 39.8 Å². The summed E-state index contributed by atoms with van der Waals surface area (Å²) in [7, 11) is 1.63. The Bertz CT molecular complexity index is 611. The van der Waals surface area contributed by atoms with Crippen LogP contribution >= 0.6 is 0 Å². The van der Waals surface area contributed by atoms with E-state index in [0.717, 1.165) is 24.3 Å². The van der Waals surface area contributed by atoms with E-state index in [4.69, 9.17) is 4.74 Å². The maximum atomic E-state index is 12.3. The first-order valence-corrected chi connectivity index (χ1v) is 9.56. The first kappa shape index (κ1) is 18.7. The van der Waals surface area contributed by atoms with E-state index in [-0.39, 0.29) is 17.7 Å². The Labute approximate surface area is 155 Å². The maximum absolute atomic E-state index is 12.3. The van der Waals surface area contributed by atoms with E-state index in [9.17, 15) is 9.59 Å². The molecule has 0 aliphatic carbocycles. The first-order valence-electron chi connectivity index (χ1n) is 9.56. The molecule has 26 heavy (non-hydrogen) atoms. The Balaban J connectivity index is 1.40. The molecule has 2 fully saturated rings. The van der Waals surface area contributed by atoms with Gasteiger partial charge in [-0.25, -0.2) is 0 Å². The zero-order valence-electron chi connectivity index (χ0n) is 15.6. The second-order valence-electron chi connectivity index (χ2n) is 7.22. The van der Waals surface area contributed by atoms with Gasteiger partial charge in [0.25, 0.3) is 0 Å². The molecule has 0 radical (unpaired) electrons. The number of rotatable bonds is 8. The molecule has 1 aromatic carbocycles. The molecule has 3 rings (SSSR count). The molecule has 6 nitrogen and oxygen atoms in total. The number of benzene rings is 1. The summed E-state index contributed by atoms with van der Waals surface area (Å²) in [6, 6.07) is 7.69. The molecule has 0 bridgehead atoms. The minimum atomic E-state index is -0.229. The molecule has 2 amide bonds. The van der Waals surface area contributed by atoms with Crippen LogP contribution < -0.4 is 10.1 Å². The van der Waals surface area contributed by atoms with E-state index in [2.05, 4.69) is 10.2 Å². The minimum absolute atomic E-state index is 0.0111. The van der Waals surface area contributed by atoms with E-state index in [1.807, 2.05) is 24.3 Å². The van der Waals surface area contributed by atoms with Crippen LogP contribution in [0.5, 0.6) is 5.75 Å². The molecule has 0 aromatic heterocycles. The molecule has 2 heterocycles. The average Bonchev–Trinajstić information content (AvgIpc) is 3.29. The van der Waals surface area contributed by atoms with Gasteiger partial charge in [-0.05, 0) is 56.6 Å². The number of carbonyl (C=O) groups is 2. The largest absolute Gasteiger partial charge is 0.497 e. The van der Waals surface area contributed by atoms with Gasteiger partial charge in [0.05, 0.1) is 13.0 Å². The molecule has 1 atom stereocenters. The summed E-state index contributed by atoms with van der Waals surface area (Å²) in [6.07, 6.45) is 3.87. The van der Waals surface area contributed by atoms with Gasteiger partial charge in [-0.2, -0.15) is 0 Å². The maximum Gasteiger partial charge on any atom is 0.225 e. The van der Waals surface area contributed by atoms with E-state index in [0.29, 0.717) is 26.1 Å². The third kappa shape index (κ3) is 4.97. The van der Waals surface area contributed by atoms with Gasteiger partial charge in [0.15, 0.2) is 0 Å². The topological polar surface area (TPSA) is 61.9 Å². The molecule has 0 spiro atoms. The van der Waals surface area contributed by atoms with Gasteiger partial charge < -0.3 is 19.9 Å². The Morgan fingerprint density at radius 3 is 2.65 bits per heavy atom. The molecule has 0 saturated carbocycles. The first-order chi connectivity index (χ1) is 12.7. The van der Waals surface area contributed by atoms with Gasteiger partial charge in [-0.3, -0.25) is 9.59 Å². The summed E-state index contributed by atoms with van der Waals surface area (Å²) in [4.78, 5) is 28.8. The van der Waals surface area contributed by atoms with Crippen molar-refractivity contribution in [3.63, 3.8) is 0 Å². The standard InChI is InChI=1S/C20H29N3O3/c1-26-18-7-5-16(6-8-18)14-23-15-17(13-19(23)24)20(25)21-9-4-12-22-10-2-3-11-22/h5-8,17H,2-4,9-15H2,1H3,(H,21,25). The lowest BCUT2D eigenvalue weighted by atomic mass is 10.1. The lowest BCUT2D eigenvalue weighted by Gasteiger charge is -2.17. The molecule has 1 N–H and O–H groups in total. The lowest BCUT2D eigenvalue weighted by molar-refractivity contribution is -0.129. The summed E-state index contributed by atoms with van der Waals surface area (Å²) < 4.78 is 5.15. The normalized spacial score (nSPS) is 20.6. The van der Waals surface area contributed by atoms with E-state index < -0.39 is 0 Å². The average molecular weight is 359 g/mol. The number of nitrogens with zero attached hydrogens (tertiary/aromatic N) is 2. The minimum Gasteiger partial charge on any atom is -0.497 e. The van der Waals surface area contributed by atoms with E-state index in [1.54, 1.807) is 12.0 Å². The van der Waals surface area contributed by atoms with Crippen molar-refractivity contribution in [2.24, 2.45) is 5.92 Å². The smallest absolute Gasteiger partial charge is 0.225 e. The summed E-state index contributed by atoms with van der Waals surface area (Å²) in [5, 5.41) is 3.01. The zero-order chi connectivity index (χ0) is 18.4. The fraction of sp³-hybridized carbons (Fsp3) is 0.600. The van der Waals surface area contributed by atoms with Crippen LogP contribution in [-0.4, -0.2) is 61.4 Å². The third-order valence-corrected chi connectivity index (χ3v) is 5.27. The number of hydrogen-bond acceptors (Lipinski definition) is 4. The van der Waals surface area contributed by atoms with Crippen molar-refractivity contribution in [1.29, 1.82) is 0 Å². The highest BCUT2D eigenvalue weighted by atomic mass is 16.5. The highest BCUT2D eigenvalue weighted by Gasteiger charge is 2.34. The number of methoxy groups -OCH3 is 1. The number of carbonyl (C=O) groups excluding carboxylic acids is 2. The van der Waals surface area contributed by atoms with Gasteiger partial charge in [0.2, 0.25) is 11.8 Å². The number of amides is 2. The van der Waals surface area contributed by atoms with Crippen LogP contribution in [0, 0.1) is 5.92 Å². The molecule has 142 valence electrons. The van der Waals surface area contributed by atoms with E-state index >= 15 is 0 Å². The second-order valence-corrected chi connectivity index (χ2v) is 7.22. The van der Waals surface area contributed by atoms with Crippen LogP contribution in [0.2, 0.25) is 0 Å². The third-order valence-electron chi connectivity index (χ3n) is 5.27. The molecular weight excluding hydrogens is 330 g/mol. The lowest BCUT2D eigenvalue weighted by Crippen LogP contribution is -2.34. The molecule has 6 heteroatoms. The highest BCUT2D eigenvalue weighted by molar-refractivity contribution is 5.89. The molecule has 2 aliphatic heterocycles. The second kappa shape index (κ2) is 9.03. The molecule has 1 unspecified atom stereocenters. The fourth-order valence-corrected chi connectivity index (χ4v) is 3.72. The van der Waals surface area contributed by atoms with Gasteiger partial charge in [0, 0.05) is 26.1 Å². The molecule has 1 aromatic rings. The molecule has 2 saturated heterocycles. The fourth-order valence-electron chi connectivity index (χ4n) is 3.72. The van der Waals surface area contributed by atoms with Crippen molar-refractivity contribution >= 4 is 11.8 Å². The van der Waals surface area contributed by atoms with Crippen LogP contribution in [0.3, 0.4) is 0 Å². The number of ether oxygens (including phenoxy) is 1. The van der Waals surface area contributed by atoms with Crippen LogP contribution in [0.4, 0.5) is 0 Å². The van der Waals surface area contributed by atoms with Gasteiger partial charge in [-0.15, -0.1) is 0 Å². The SMILES string of the molecule is COc1ccc(CN2CC(C(=O)NCCCN3CCCC3)CC2=O)cc1. The predicted molar refractivity (Wildman–Crippen MR) is 99.8 cm³/mol. The van der Waals surface area contributed by atoms with Crippen molar-refractivity contribution in [3.05, 3.63) is 29.8 Å². The Hall–Kier alpha value is -2.08. The van der Waals surface area contributed by atoms with E-state index in [1.165, 1.54) is 25.9 Å². The van der Waals surface area contributed by atoms with Crippen molar-refractivity contribution in [2.45, 2.75) is 32.2 Å². The number of hydrogen-bond donors (Lipinski definition) is 1. The number of nitrogens with one attached hydrogen (secondary N) is 1. The predicted octanol–water partition coefficient (Wildman–Crippen LogP) is 1.65. The van der Waals surface area contributed by atoms with Crippen molar-refractivity contribution < 1.29 is 14.3 Å². The summed E-state index contributed by atoms with van der Waals surface area (Å²) >= 11 is 0. The van der Waals surface area contributed by atoms with Gasteiger partial charge >= 0.3 is 0 Å². The van der Waals surface area contributed by atoms with Crippen molar-refractivity contribution in [1.82, 2.24) is 15.1 Å². The Morgan fingerprint density at radius 2 is 1.96 bits per heavy atom. The molecule has 2 aliphatic rings. The Kier molecular flexibility index (Phi) is 6.50. The quantitative estimate of drug-likeness (QED) is 0.717. The summed E-state index contributed by atoms with van der Waals surface area (Å²) in [5.41, 5.74) is 1.05. The summed E-state index contributed by atoms with van der Waals surface area (Å²) in [6.45, 7) is 5.16. The monoisotopic (exact) mass is 359 g/mol. The summed E-state index contributed by atoms with van der Waals surface area (Å²) in [5.74, 6) is 0.634. The van der Waals surface area contributed by atoms with Gasteiger partial charge in [0.1, 0.15) is 5.75 Å².